The molecule has 0 amide bonds. The zero-order valence-corrected chi connectivity index (χ0v) is 31.7. The first kappa shape index (κ1) is 32.6. The molecule has 0 radical (unpaired) electrons. The Labute approximate surface area is 336 Å². The molecule has 12 aromatic rings. The quantitative estimate of drug-likeness (QED) is 0.156. The maximum Gasteiger partial charge on any atom is 0.0541 e. The number of hydrogen-bond donors (Lipinski definition) is 0. The molecule has 2 aromatic heterocycles. The predicted molar refractivity (Wildman–Crippen MR) is 246 cm³/mol. The Morgan fingerprint density at radius 2 is 0.672 bits per heavy atom. The van der Waals surface area contributed by atoms with E-state index in [1.54, 1.807) is 0 Å². The minimum atomic E-state index is 1.15. The molecule has 0 N–H and O–H groups in total. The van der Waals surface area contributed by atoms with Crippen molar-refractivity contribution in [3.63, 3.8) is 0 Å². The van der Waals surface area contributed by atoms with Gasteiger partial charge in [0.05, 0.1) is 22.1 Å². The van der Waals surface area contributed by atoms with Crippen LogP contribution in [0.15, 0.2) is 218 Å². The van der Waals surface area contributed by atoms with Gasteiger partial charge in [0.15, 0.2) is 0 Å². The lowest BCUT2D eigenvalue weighted by atomic mass is 9.87. The zero-order chi connectivity index (χ0) is 38.2. The van der Waals surface area contributed by atoms with Crippen molar-refractivity contribution in [1.82, 2.24) is 9.13 Å². The van der Waals surface area contributed by atoms with Crippen LogP contribution >= 0.6 is 0 Å². The third kappa shape index (κ3) is 4.99. The SMILES string of the molecule is c1ccc2c(c1)ccc1cccc(-c3ccc(-c4ccc(-n5c6ccccc6c6ccccc65)cc4)cc3-c3ccc(-n4c5ccccc5c5ccccc54)cc3)c12. The second-order valence-electron chi connectivity index (χ2n) is 15.3. The molecule has 0 atom stereocenters. The lowest BCUT2D eigenvalue weighted by molar-refractivity contribution is 1.18. The van der Waals surface area contributed by atoms with E-state index in [0.29, 0.717) is 0 Å². The molecule has 2 heteroatoms. The summed E-state index contributed by atoms with van der Waals surface area (Å²) >= 11 is 0. The summed E-state index contributed by atoms with van der Waals surface area (Å²) in [6.45, 7) is 0. The predicted octanol–water partition coefficient (Wildman–Crippen LogP) is 15.2. The van der Waals surface area contributed by atoms with Gasteiger partial charge in [-0.15, -0.1) is 0 Å². The van der Waals surface area contributed by atoms with Gasteiger partial charge in [-0.2, -0.15) is 0 Å². The topological polar surface area (TPSA) is 9.86 Å². The Kier molecular flexibility index (Phi) is 7.26. The monoisotopic (exact) mass is 736 g/mol. The van der Waals surface area contributed by atoms with Crippen molar-refractivity contribution in [2.75, 3.05) is 0 Å². The van der Waals surface area contributed by atoms with Crippen LogP contribution in [0.2, 0.25) is 0 Å². The highest BCUT2D eigenvalue weighted by molar-refractivity contribution is 6.16. The van der Waals surface area contributed by atoms with E-state index in [4.69, 9.17) is 0 Å². The van der Waals surface area contributed by atoms with E-state index in [0.717, 1.165) is 11.4 Å². The molecule has 0 saturated heterocycles. The third-order valence-electron chi connectivity index (χ3n) is 12.1. The molecule has 0 aliphatic heterocycles. The van der Waals surface area contributed by atoms with E-state index in [2.05, 4.69) is 228 Å². The van der Waals surface area contributed by atoms with E-state index in [-0.39, 0.29) is 0 Å². The Morgan fingerprint density at radius 1 is 0.241 bits per heavy atom. The first-order valence-corrected chi connectivity index (χ1v) is 20.0. The fourth-order valence-corrected chi connectivity index (χ4v) is 9.48. The van der Waals surface area contributed by atoms with E-state index < -0.39 is 0 Å². The molecule has 0 aliphatic rings. The summed E-state index contributed by atoms with van der Waals surface area (Å²) in [7, 11) is 0. The minimum Gasteiger partial charge on any atom is -0.309 e. The van der Waals surface area contributed by atoms with Gasteiger partial charge in [-0.05, 0) is 110 Å². The van der Waals surface area contributed by atoms with Crippen molar-refractivity contribution in [3.8, 4) is 44.8 Å². The summed E-state index contributed by atoms with van der Waals surface area (Å²) in [6.07, 6.45) is 0. The number of benzene rings is 10. The lowest BCUT2D eigenvalue weighted by Crippen LogP contribution is -1.95. The fourth-order valence-electron chi connectivity index (χ4n) is 9.48. The minimum absolute atomic E-state index is 1.15. The van der Waals surface area contributed by atoms with Gasteiger partial charge in [0, 0.05) is 32.9 Å². The largest absolute Gasteiger partial charge is 0.309 e. The second kappa shape index (κ2) is 12.9. The summed E-state index contributed by atoms with van der Waals surface area (Å²) in [4.78, 5) is 0. The zero-order valence-electron chi connectivity index (χ0n) is 31.7. The van der Waals surface area contributed by atoms with Crippen LogP contribution in [0.5, 0.6) is 0 Å². The fraction of sp³-hybridized carbons (Fsp3) is 0. The molecular weight excluding hydrogens is 701 g/mol. The summed E-state index contributed by atoms with van der Waals surface area (Å²) in [5, 5.41) is 10.1. The van der Waals surface area contributed by atoms with Crippen LogP contribution in [0.25, 0.3) is 110 Å². The van der Waals surface area contributed by atoms with Crippen molar-refractivity contribution in [1.29, 1.82) is 0 Å². The van der Waals surface area contributed by atoms with Crippen LogP contribution in [0.1, 0.15) is 0 Å². The van der Waals surface area contributed by atoms with Crippen LogP contribution in [0.3, 0.4) is 0 Å². The van der Waals surface area contributed by atoms with Gasteiger partial charge in [0.1, 0.15) is 0 Å². The molecule has 58 heavy (non-hydrogen) atoms. The smallest absolute Gasteiger partial charge is 0.0541 e. The average Bonchev–Trinajstić information content (AvgIpc) is 3.82. The molecule has 2 nitrogen and oxygen atoms in total. The van der Waals surface area contributed by atoms with Gasteiger partial charge in [0.2, 0.25) is 0 Å². The Hall–Kier alpha value is -7.68. The maximum atomic E-state index is 2.39. The Balaban J connectivity index is 1.03. The molecule has 270 valence electrons. The standard InChI is InChI=1S/C56H36N2/c1-2-14-44-38(12-1)24-25-40-13-11-19-50(56(40)44)45-35-30-41(37-26-31-42(32-27-37)57-52-20-7-3-15-46(52)47-16-4-8-21-53(47)57)36-51(45)39-28-33-43(34-29-39)58-54-22-9-5-17-48(54)49-18-6-10-23-55(49)58/h1-36H. The Bertz CT molecular complexity index is 3440. The van der Waals surface area contributed by atoms with Crippen LogP contribution in [0, 0.1) is 0 Å². The molecule has 0 spiro atoms. The molecule has 0 fully saturated rings. The van der Waals surface area contributed by atoms with Crippen molar-refractivity contribution in [2.45, 2.75) is 0 Å². The molecular formula is C56H36N2. The first-order valence-electron chi connectivity index (χ1n) is 20.0. The van der Waals surface area contributed by atoms with Gasteiger partial charge in [0.25, 0.3) is 0 Å². The second-order valence-corrected chi connectivity index (χ2v) is 15.3. The van der Waals surface area contributed by atoms with Gasteiger partial charge in [-0.25, -0.2) is 0 Å². The molecule has 10 aromatic carbocycles. The number of fused-ring (bicyclic) bond motifs is 9. The van der Waals surface area contributed by atoms with E-state index >= 15 is 0 Å². The van der Waals surface area contributed by atoms with E-state index in [1.165, 1.54) is 98.5 Å². The lowest BCUT2D eigenvalue weighted by Gasteiger charge is -2.17. The van der Waals surface area contributed by atoms with Crippen molar-refractivity contribution < 1.29 is 0 Å². The summed E-state index contributed by atoms with van der Waals surface area (Å²) in [5.74, 6) is 0. The number of aromatic nitrogens is 2. The molecule has 0 saturated carbocycles. The van der Waals surface area contributed by atoms with Gasteiger partial charge >= 0.3 is 0 Å². The number of rotatable bonds is 5. The highest BCUT2D eigenvalue weighted by Crippen LogP contribution is 2.42. The van der Waals surface area contributed by atoms with Crippen molar-refractivity contribution in [2.24, 2.45) is 0 Å². The van der Waals surface area contributed by atoms with Crippen molar-refractivity contribution >= 4 is 65.2 Å². The van der Waals surface area contributed by atoms with Gasteiger partial charge in [-0.3, -0.25) is 0 Å². The van der Waals surface area contributed by atoms with Crippen molar-refractivity contribution in [3.05, 3.63) is 218 Å². The summed E-state index contributed by atoms with van der Waals surface area (Å²) in [6, 6.07) is 80.1. The highest BCUT2D eigenvalue weighted by Gasteiger charge is 2.17. The number of para-hydroxylation sites is 4. The van der Waals surface area contributed by atoms with Crippen LogP contribution in [-0.2, 0) is 0 Å². The number of nitrogens with zero attached hydrogens (tertiary/aromatic N) is 2. The molecule has 0 bridgehead atoms. The summed E-state index contributed by atoms with van der Waals surface area (Å²) < 4.78 is 4.77. The summed E-state index contributed by atoms with van der Waals surface area (Å²) in [5.41, 5.74) is 14.4. The van der Waals surface area contributed by atoms with Crippen LogP contribution < -0.4 is 0 Å². The molecule has 2 heterocycles. The Morgan fingerprint density at radius 3 is 1.22 bits per heavy atom. The van der Waals surface area contributed by atoms with Crippen LogP contribution in [-0.4, -0.2) is 9.13 Å². The maximum absolute atomic E-state index is 2.39. The van der Waals surface area contributed by atoms with Gasteiger partial charge < -0.3 is 9.13 Å². The van der Waals surface area contributed by atoms with Gasteiger partial charge in [-0.1, -0.05) is 164 Å². The normalized spacial score (nSPS) is 11.8. The molecule has 0 aliphatic carbocycles. The highest BCUT2D eigenvalue weighted by atomic mass is 15.0. The first-order chi connectivity index (χ1) is 28.8. The van der Waals surface area contributed by atoms with E-state index in [1.807, 2.05) is 0 Å². The molecule has 12 rings (SSSR count). The van der Waals surface area contributed by atoms with Crippen LogP contribution in [0.4, 0.5) is 0 Å². The number of hydrogen-bond acceptors (Lipinski definition) is 0. The average molecular weight is 737 g/mol. The van der Waals surface area contributed by atoms with E-state index in [9.17, 15) is 0 Å². The third-order valence-corrected chi connectivity index (χ3v) is 12.1. The molecule has 0 unspecified atom stereocenters.